The molecule has 1 aromatic rings. The summed E-state index contributed by atoms with van der Waals surface area (Å²) in [7, 11) is 3.57. The van der Waals surface area contributed by atoms with Crippen LogP contribution in [0.15, 0.2) is 22.7 Å². The van der Waals surface area contributed by atoms with Crippen molar-refractivity contribution in [2.75, 3.05) is 32.5 Å². The number of urea groups is 1. The maximum absolute atomic E-state index is 11.9. The fourth-order valence-corrected chi connectivity index (χ4v) is 2.89. The molecule has 6 heteroatoms. The summed E-state index contributed by atoms with van der Waals surface area (Å²) in [5.74, 6) is 0. The number of halogens is 2. The third-order valence-corrected chi connectivity index (χ3v) is 4.86. The number of hydrogen-bond acceptors (Lipinski definition) is 2. The lowest BCUT2D eigenvalue weighted by Gasteiger charge is -2.34. The molecule has 0 atom stereocenters. The second-order valence-corrected chi connectivity index (χ2v) is 6.38. The van der Waals surface area contributed by atoms with Crippen LogP contribution in [0.1, 0.15) is 12.8 Å². The van der Waals surface area contributed by atoms with Crippen LogP contribution in [0.4, 0.5) is 10.5 Å². The van der Waals surface area contributed by atoms with E-state index in [9.17, 15) is 4.79 Å². The molecule has 1 aliphatic rings. The van der Waals surface area contributed by atoms with Crippen LogP contribution >= 0.6 is 27.5 Å². The van der Waals surface area contributed by atoms with Gasteiger partial charge >= 0.3 is 6.03 Å². The van der Waals surface area contributed by atoms with Gasteiger partial charge in [-0.15, -0.1) is 0 Å². The van der Waals surface area contributed by atoms with Crippen LogP contribution in [0.3, 0.4) is 0 Å². The molecule has 2 rings (SSSR count). The number of benzene rings is 1. The third kappa shape index (κ3) is 3.58. The molecule has 1 N–H and O–H groups in total. The average molecular weight is 361 g/mol. The number of piperidine rings is 1. The lowest BCUT2D eigenvalue weighted by atomic mass is 10.0. The van der Waals surface area contributed by atoms with E-state index in [4.69, 9.17) is 11.6 Å². The van der Waals surface area contributed by atoms with Crippen molar-refractivity contribution in [1.82, 2.24) is 9.80 Å². The van der Waals surface area contributed by atoms with Crippen molar-refractivity contribution in [2.24, 2.45) is 0 Å². The van der Waals surface area contributed by atoms with E-state index in [0.29, 0.717) is 11.1 Å². The molecule has 2 amide bonds. The molecule has 0 aromatic heterocycles. The lowest BCUT2D eigenvalue weighted by molar-refractivity contribution is 0.158. The maximum Gasteiger partial charge on any atom is 0.319 e. The zero-order chi connectivity index (χ0) is 14.7. The first kappa shape index (κ1) is 15.4. The Balaban J connectivity index is 1.92. The van der Waals surface area contributed by atoms with Gasteiger partial charge in [-0.2, -0.15) is 0 Å². The SMILES string of the molecule is CN(C)C(=O)N1CCC(Nc2cccc(Cl)c2Br)CC1. The van der Waals surface area contributed by atoms with Crippen molar-refractivity contribution in [1.29, 1.82) is 0 Å². The highest BCUT2D eigenvalue weighted by Gasteiger charge is 2.24. The zero-order valence-electron chi connectivity index (χ0n) is 11.7. The predicted molar refractivity (Wildman–Crippen MR) is 86.5 cm³/mol. The standard InChI is InChI=1S/C14H19BrClN3O/c1-18(2)14(20)19-8-6-10(7-9-19)17-12-5-3-4-11(16)13(12)15/h3-5,10,17H,6-9H2,1-2H3. The van der Waals surface area contributed by atoms with Crippen molar-refractivity contribution in [3.05, 3.63) is 27.7 Å². The summed E-state index contributed by atoms with van der Waals surface area (Å²) in [5, 5.41) is 4.20. The molecule has 110 valence electrons. The highest BCUT2D eigenvalue weighted by molar-refractivity contribution is 9.10. The fourth-order valence-electron chi connectivity index (χ4n) is 2.33. The van der Waals surface area contributed by atoms with Crippen molar-refractivity contribution in [3.63, 3.8) is 0 Å². The summed E-state index contributed by atoms with van der Waals surface area (Å²) < 4.78 is 0.897. The molecule has 0 bridgehead atoms. The Morgan fingerprint density at radius 2 is 2.05 bits per heavy atom. The first-order chi connectivity index (χ1) is 9.49. The Kier molecular flexibility index (Phi) is 5.16. The first-order valence-electron chi connectivity index (χ1n) is 6.66. The molecule has 1 saturated heterocycles. The molecule has 1 aliphatic heterocycles. The molecule has 1 aromatic carbocycles. The van der Waals surface area contributed by atoms with Crippen LogP contribution in [-0.2, 0) is 0 Å². The average Bonchev–Trinajstić information content (AvgIpc) is 2.44. The van der Waals surface area contributed by atoms with E-state index in [1.807, 2.05) is 23.1 Å². The van der Waals surface area contributed by atoms with Gasteiger partial charge in [-0.25, -0.2) is 4.79 Å². The smallest absolute Gasteiger partial charge is 0.319 e. The van der Waals surface area contributed by atoms with Crippen LogP contribution in [-0.4, -0.2) is 49.1 Å². The van der Waals surface area contributed by atoms with E-state index in [1.165, 1.54) is 0 Å². The number of hydrogen-bond donors (Lipinski definition) is 1. The number of amides is 2. The lowest BCUT2D eigenvalue weighted by Crippen LogP contribution is -2.46. The van der Waals surface area contributed by atoms with Gasteiger partial charge in [0.15, 0.2) is 0 Å². The maximum atomic E-state index is 11.9. The summed E-state index contributed by atoms with van der Waals surface area (Å²) >= 11 is 9.58. The van der Waals surface area contributed by atoms with Gasteiger partial charge in [0.2, 0.25) is 0 Å². The van der Waals surface area contributed by atoms with E-state index in [2.05, 4.69) is 21.2 Å². The molecule has 0 unspecified atom stereocenters. The summed E-state index contributed by atoms with van der Waals surface area (Å²) in [6, 6.07) is 6.26. The van der Waals surface area contributed by atoms with E-state index < -0.39 is 0 Å². The van der Waals surface area contributed by atoms with Crippen LogP contribution < -0.4 is 5.32 Å². The number of nitrogens with zero attached hydrogens (tertiary/aromatic N) is 2. The van der Waals surface area contributed by atoms with Gasteiger partial charge in [0.05, 0.1) is 15.2 Å². The summed E-state index contributed by atoms with van der Waals surface area (Å²) in [5.41, 5.74) is 1.01. The van der Waals surface area contributed by atoms with Gasteiger partial charge in [-0.05, 0) is 40.9 Å². The minimum atomic E-state index is 0.0902. The van der Waals surface area contributed by atoms with E-state index in [-0.39, 0.29) is 6.03 Å². The minimum Gasteiger partial charge on any atom is -0.381 e. The molecule has 0 saturated carbocycles. The highest BCUT2D eigenvalue weighted by Crippen LogP contribution is 2.31. The van der Waals surface area contributed by atoms with Gasteiger partial charge in [-0.1, -0.05) is 17.7 Å². The second-order valence-electron chi connectivity index (χ2n) is 5.18. The van der Waals surface area contributed by atoms with E-state index in [1.54, 1.807) is 19.0 Å². The van der Waals surface area contributed by atoms with Gasteiger partial charge in [0, 0.05) is 33.2 Å². The van der Waals surface area contributed by atoms with Gasteiger partial charge in [-0.3, -0.25) is 0 Å². The minimum absolute atomic E-state index is 0.0902. The number of carbonyl (C=O) groups excluding carboxylic acids is 1. The number of nitrogens with one attached hydrogen (secondary N) is 1. The van der Waals surface area contributed by atoms with Crippen molar-refractivity contribution >= 4 is 39.2 Å². The fraction of sp³-hybridized carbons (Fsp3) is 0.500. The van der Waals surface area contributed by atoms with Crippen molar-refractivity contribution < 1.29 is 4.79 Å². The zero-order valence-corrected chi connectivity index (χ0v) is 14.0. The third-order valence-electron chi connectivity index (χ3n) is 3.46. The number of rotatable bonds is 2. The monoisotopic (exact) mass is 359 g/mol. The second kappa shape index (κ2) is 6.68. The van der Waals surface area contributed by atoms with Crippen molar-refractivity contribution in [3.8, 4) is 0 Å². The van der Waals surface area contributed by atoms with E-state index >= 15 is 0 Å². The largest absolute Gasteiger partial charge is 0.381 e. The summed E-state index contributed by atoms with van der Waals surface area (Å²) in [4.78, 5) is 15.4. The van der Waals surface area contributed by atoms with Crippen LogP contribution in [0.5, 0.6) is 0 Å². The first-order valence-corrected chi connectivity index (χ1v) is 7.83. The molecule has 1 heterocycles. The molecule has 1 fully saturated rings. The quantitative estimate of drug-likeness (QED) is 0.873. The number of anilines is 1. The van der Waals surface area contributed by atoms with Crippen LogP contribution in [0.25, 0.3) is 0 Å². The Morgan fingerprint density at radius 1 is 1.40 bits per heavy atom. The molecule has 4 nitrogen and oxygen atoms in total. The van der Waals surface area contributed by atoms with E-state index in [0.717, 1.165) is 36.1 Å². The summed E-state index contributed by atoms with van der Waals surface area (Å²) in [6.45, 7) is 1.57. The number of likely N-dealkylation sites (tertiary alicyclic amines) is 1. The van der Waals surface area contributed by atoms with Gasteiger partial charge < -0.3 is 15.1 Å². The summed E-state index contributed by atoms with van der Waals surface area (Å²) in [6.07, 6.45) is 1.89. The van der Waals surface area contributed by atoms with Gasteiger partial charge in [0.25, 0.3) is 0 Å². The van der Waals surface area contributed by atoms with Crippen molar-refractivity contribution in [2.45, 2.75) is 18.9 Å². The Bertz CT molecular complexity index is 487. The number of carbonyl (C=O) groups is 1. The van der Waals surface area contributed by atoms with Crippen LogP contribution in [0, 0.1) is 0 Å². The molecule has 0 spiro atoms. The highest BCUT2D eigenvalue weighted by atomic mass is 79.9. The molecular weight excluding hydrogens is 342 g/mol. The predicted octanol–water partition coefficient (Wildman–Crippen LogP) is 3.66. The Morgan fingerprint density at radius 3 is 2.65 bits per heavy atom. The Labute approximate surface area is 133 Å². The normalized spacial score (nSPS) is 16.1. The molecular formula is C14H19BrClN3O. The Hall–Kier alpha value is -0.940. The molecule has 20 heavy (non-hydrogen) atoms. The van der Waals surface area contributed by atoms with Crippen LogP contribution in [0.2, 0.25) is 5.02 Å². The topological polar surface area (TPSA) is 35.6 Å². The van der Waals surface area contributed by atoms with Gasteiger partial charge in [0.1, 0.15) is 0 Å². The molecule has 0 aliphatic carbocycles. The molecule has 0 radical (unpaired) electrons.